The number of nitrogens with zero attached hydrogens (tertiary/aromatic N) is 2. The van der Waals surface area contributed by atoms with E-state index in [1.165, 1.54) is 0 Å². The Morgan fingerprint density at radius 1 is 0.581 bits per heavy atom. The highest BCUT2D eigenvalue weighted by molar-refractivity contribution is 6.50. The fourth-order valence-electron chi connectivity index (χ4n) is 4.44. The van der Waals surface area contributed by atoms with Crippen LogP contribution >= 0.6 is 0 Å². The second kappa shape index (κ2) is 13.8. The summed E-state index contributed by atoms with van der Waals surface area (Å²) in [7, 11) is 2.23. The third-order valence-electron chi connectivity index (χ3n) is 6.60. The summed E-state index contributed by atoms with van der Waals surface area (Å²) in [5.74, 6) is 1.73. The lowest BCUT2D eigenvalue weighted by atomic mass is 9.96. The zero-order valence-corrected chi connectivity index (χ0v) is 24.5. The fourth-order valence-corrected chi connectivity index (χ4v) is 4.44. The van der Waals surface area contributed by atoms with E-state index in [4.69, 9.17) is 4.74 Å². The molecule has 1 aliphatic rings. The summed E-state index contributed by atoms with van der Waals surface area (Å²) < 4.78 is 44.1. The Bertz CT molecular complexity index is 1580. The molecule has 0 radical (unpaired) electrons. The van der Waals surface area contributed by atoms with Gasteiger partial charge in [0.2, 0.25) is 0 Å². The number of rotatable bonds is 6. The zero-order valence-electron chi connectivity index (χ0n) is 24.5. The lowest BCUT2D eigenvalue weighted by Crippen LogP contribution is -2.08. The molecule has 0 amide bonds. The third-order valence-corrected chi connectivity index (χ3v) is 6.60. The predicted molar refractivity (Wildman–Crippen MR) is 173 cm³/mol. The van der Waals surface area contributed by atoms with Crippen LogP contribution in [0.15, 0.2) is 133 Å². The van der Waals surface area contributed by atoms with Gasteiger partial charge in [0.1, 0.15) is 0 Å². The van der Waals surface area contributed by atoms with Crippen LogP contribution < -0.4 is 9.80 Å². The van der Waals surface area contributed by atoms with Crippen molar-refractivity contribution in [3.8, 4) is 0 Å². The van der Waals surface area contributed by atoms with Crippen LogP contribution in [-0.2, 0) is 0 Å². The number of hydrogen-bond donors (Lipinski definition) is 0. The van der Waals surface area contributed by atoms with Crippen LogP contribution in [0.5, 0.6) is 0 Å². The van der Waals surface area contributed by atoms with Crippen molar-refractivity contribution >= 4 is 35.5 Å². The predicted octanol–water partition coefficient (Wildman–Crippen LogP) is 9.27. The van der Waals surface area contributed by atoms with Crippen LogP contribution in [0.4, 0.5) is 28.6 Å². The summed E-state index contributed by atoms with van der Waals surface area (Å²) in [6, 6.07) is 38.0. The average molecular weight is 584 g/mol. The summed E-state index contributed by atoms with van der Waals surface area (Å²) in [5, 5.41) is 0. The first kappa shape index (κ1) is 31.0. The molecule has 0 aromatic heterocycles. The number of halogens is 4. The molecule has 0 fully saturated rings. The van der Waals surface area contributed by atoms with Crippen molar-refractivity contribution in [3.63, 3.8) is 0 Å². The molecule has 220 valence electrons. The Kier molecular flexibility index (Phi) is 9.97. The molecule has 3 nitrogen and oxygen atoms in total. The normalized spacial score (nSPS) is 12.5. The maximum absolute atomic E-state index is 9.75. The van der Waals surface area contributed by atoms with Gasteiger partial charge in [-0.2, -0.15) is 0 Å². The molecule has 1 heterocycles. The van der Waals surface area contributed by atoms with E-state index in [1.54, 1.807) is 0 Å². The molecule has 0 aliphatic carbocycles. The van der Waals surface area contributed by atoms with Crippen molar-refractivity contribution in [1.29, 1.82) is 0 Å². The molecule has 0 bridgehead atoms. The average Bonchev–Trinajstić information content (AvgIpc) is 3.00. The molecule has 0 spiro atoms. The van der Waals surface area contributed by atoms with Crippen LogP contribution in [0, 0.1) is 0 Å². The maximum atomic E-state index is 9.75. The van der Waals surface area contributed by atoms with Crippen molar-refractivity contribution in [2.75, 3.05) is 38.0 Å². The maximum Gasteiger partial charge on any atom is 0.673 e. The van der Waals surface area contributed by atoms with E-state index in [0.717, 1.165) is 56.3 Å². The summed E-state index contributed by atoms with van der Waals surface area (Å²) in [4.78, 5) is 4.22. The van der Waals surface area contributed by atoms with E-state index in [1.807, 2.05) is 12.1 Å². The smallest absolute Gasteiger partial charge is 0.540 e. The number of benzene rings is 4. The quantitative estimate of drug-likeness (QED) is 0.0974. The van der Waals surface area contributed by atoms with Gasteiger partial charge in [-0.3, -0.25) is 0 Å². The molecular formula is C35H33BF4N2O. The first-order chi connectivity index (χ1) is 20.5. The molecule has 4 aromatic carbocycles. The van der Waals surface area contributed by atoms with Crippen LogP contribution in [-0.4, -0.2) is 40.2 Å². The van der Waals surface area contributed by atoms with Crippen LogP contribution in [0.1, 0.15) is 22.3 Å². The number of anilines is 2. The van der Waals surface area contributed by atoms with Crippen molar-refractivity contribution in [1.82, 2.24) is 0 Å². The molecule has 1 aliphatic heterocycles. The van der Waals surface area contributed by atoms with E-state index >= 15 is 0 Å². The number of aliphatic hydroxyl groups is 2. The standard InChI is InChI=1S/C35H32N2O.BF4/c1-36(2)31-19-15-27(16-20-31)34(28-17-21-32(22-18-28)37(3)4)25-33-23-30(26-11-7-5-8-12-26)24-35(38-33)29-13-9-6-10-14-29;2-1(3,4)5/h5-24H,1-4H3;/q;-1/p+1. The molecular weight excluding hydrogens is 551 g/mol. The van der Waals surface area contributed by atoms with Gasteiger partial charge in [-0.15, -0.1) is 0 Å². The van der Waals surface area contributed by atoms with Gasteiger partial charge in [0.15, 0.2) is 0 Å². The molecule has 5 rings (SSSR count). The van der Waals surface area contributed by atoms with Gasteiger partial charge in [-0.25, -0.2) is 0 Å². The minimum Gasteiger partial charge on any atom is -0.540 e. The summed E-state index contributed by atoms with van der Waals surface area (Å²) >= 11 is 0. The molecule has 0 atom stereocenters. The minimum absolute atomic E-state index is 0.800. The molecule has 4 aromatic rings. The second-order valence-electron chi connectivity index (χ2n) is 10.2. The van der Waals surface area contributed by atoms with Crippen molar-refractivity contribution in [2.45, 2.75) is 0 Å². The summed E-state index contributed by atoms with van der Waals surface area (Å²) in [6.45, 7) is 0. The van der Waals surface area contributed by atoms with E-state index in [2.05, 4.69) is 153 Å². The lowest BCUT2D eigenvalue weighted by Gasteiger charge is -2.16. The topological polar surface area (TPSA) is 19.3 Å². The highest BCUT2D eigenvalue weighted by Gasteiger charge is 2.21. The lowest BCUT2D eigenvalue weighted by molar-refractivity contribution is 0.193. The monoisotopic (exact) mass is 584 g/mol. The van der Waals surface area contributed by atoms with E-state index in [0.29, 0.717) is 0 Å². The van der Waals surface area contributed by atoms with Gasteiger partial charge < -0.3 is 31.8 Å². The molecule has 43 heavy (non-hydrogen) atoms. The van der Waals surface area contributed by atoms with E-state index in [-0.39, 0.29) is 0 Å². The Labute approximate surface area is 250 Å². The summed E-state index contributed by atoms with van der Waals surface area (Å²) in [6.07, 6.45) is 4.29. The van der Waals surface area contributed by atoms with Gasteiger partial charge in [0.25, 0.3) is 5.76 Å². The Morgan fingerprint density at radius 3 is 1.42 bits per heavy atom. The van der Waals surface area contributed by atoms with Gasteiger partial charge in [0.05, 0.1) is 11.6 Å². The Hall–Kier alpha value is -4.94. The fraction of sp³-hybridized carbons (Fsp3) is 0.114. The third kappa shape index (κ3) is 9.02. The molecule has 0 unspecified atom stereocenters. The van der Waals surface area contributed by atoms with Crippen molar-refractivity contribution in [3.05, 3.63) is 155 Å². The van der Waals surface area contributed by atoms with E-state index in [9.17, 15) is 17.3 Å². The van der Waals surface area contributed by atoms with Crippen LogP contribution in [0.3, 0.4) is 0 Å². The first-order valence-corrected chi connectivity index (χ1v) is 13.7. The van der Waals surface area contributed by atoms with Crippen LogP contribution in [0.2, 0.25) is 0 Å². The molecule has 0 saturated carbocycles. The van der Waals surface area contributed by atoms with Gasteiger partial charge >= 0.3 is 13.0 Å². The zero-order chi connectivity index (χ0) is 31.0. The second-order valence-corrected chi connectivity index (χ2v) is 10.2. The molecule has 0 saturated heterocycles. The van der Waals surface area contributed by atoms with Crippen molar-refractivity contribution in [2.24, 2.45) is 0 Å². The number of hydrogen-bond acceptors (Lipinski definition) is 2. The highest BCUT2D eigenvalue weighted by Crippen LogP contribution is 2.32. The SMILES string of the molecule is CN(C)c1ccc(C(=C=C2C=C(c3ccccc3)C=C(c3ccccc3)[OH+]2)c2ccc(N(C)C)cc2)cc1.F[B-](F)(F)F. The van der Waals surface area contributed by atoms with Crippen LogP contribution in [0.25, 0.3) is 16.9 Å². The van der Waals surface area contributed by atoms with E-state index < -0.39 is 7.25 Å². The molecule has 1 N–H and O–H groups in total. The van der Waals surface area contributed by atoms with Gasteiger partial charge in [-0.05, 0) is 58.8 Å². The summed E-state index contributed by atoms with van der Waals surface area (Å²) in [5.41, 5.74) is 12.6. The van der Waals surface area contributed by atoms with Gasteiger partial charge in [0, 0.05) is 56.8 Å². The Morgan fingerprint density at radius 2 is 1.00 bits per heavy atom. The number of allylic oxidation sites excluding steroid dienone is 3. The largest absolute Gasteiger partial charge is 0.673 e. The first-order valence-electron chi connectivity index (χ1n) is 13.7. The number of ether oxygens (including phenoxy) is 1. The molecule has 8 heteroatoms. The Balaban J connectivity index is 0.000000782. The van der Waals surface area contributed by atoms with Crippen molar-refractivity contribution < 1.29 is 22.0 Å². The highest BCUT2D eigenvalue weighted by atomic mass is 19.5. The minimum atomic E-state index is -6.00. The van der Waals surface area contributed by atoms with Gasteiger partial charge in [-0.1, -0.05) is 72.8 Å².